The Labute approximate surface area is 179 Å². The summed E-state index contributed by atoms with van der Waals surface area (Å²) in [6.07, 6.45) is 2.79. The molecule has 0 saturated heterocycles. The molecule has 2 amide bonds. The Hall–Kier alpha value is -1.88. The standard InChI is InChI=1S/2C10H13NO.2FH.Zr/c2*1-2-6-10(12)11-9-7-4-3-5-8-9;;;/h2*3-5,7-8H,2,6H2,1H3,(H,11,12);2*1H;/q;;;;+4/p-4. The van der Waals surface area contributed by atoms with E-state index in [4.69, 9.17) is 0 Å². The fourth-order valence-electron chi connectivity index (χ4n) is 1.83. The Kier molecular flexibility index (Phi) is 20.9. The van der Waals surface area contributed by atoms with E-state index in [0.717, 1.165) is 24.2 Å². The van der Waals surface area contributed by atoms with Crippen molar-refractivity contribution in [3.63, 3.8) is 0 Å². The van der Waals surface area contributed by atoms with E-state index in [1.807, 2.05) is 74.5 Å². The van der Waals surface area contributed by atoms with Crippen molar-refractivity contribution in [2.75, 3.05) is 0 Å². The summed E-state index contributed by atoms with van der Waals surface area (Å²) >= 11 is 0. The van der Waals surface area contributed by atoms with Crippen LogP contribution in [0.1, 0.15) is 39.5 Å². The van der Waals surface area contributed by atoms with Crippen LogP contribution in [0, 0.1) is 0 Å². The average molecular weight is 454 g/mol. The molecule has 2 aromatic rings. The van der Waals surface area contributed by atoms with Crippen molar-refractivity contribution < 1.29 is 45.2 Å². The molecule has 0 aliphatic carbocycles. The molecule has 0 aliphatic heterocycles. The maximum Gasteiger partial charge on any atom is 4.00 e. The van der Waals surface area contributed by atoms with Crippen molar-refractivity contribution in [2.45, 2.75) is 39.5 Å². The van der Waals surface area contributed by atoms with Gasteiger partial charge in [0.25, 0.3) is 0 Å². The SMILES string of the molecule is CCCC(=O)[N-]c1ccccc1.CCCC(=O)[N-]c1ccccc1.[F-].[F-].[Zr+4]. The first-order valence-electron chi connectivity index (χ1n) is 8.25. The molecule has 7 heteroatoms. The summed E-state index contributed by atoms with van der Waals surface area (Å²) in [7, 11) is 0. The van der Waals surface area contributed by atoms with Gasteiger partial charge in [-0.1, -0.05) is 87.4 Å². The Morgan fingerprint density at radius 2 is 0.963 bits per heavy atom. The van der Waals surface area contributed by atoms with Crippen LogP contribution >= 0.6 is 0 Å². The van der Waals surface area contributed by atoms with E-state index < -0.39 is 0 Å². The second-order valence-corrected chi connectivity index (χ2v) is 5.18. The second kappa shape index (κ2) is 18.9. The quantitative estimate of drug-likeness (QED) is 0.620. The fourth-order valence-corrected chi connectivity index (χ4v) is 1.83. The number of hydrogen-bond donors (Lipinski definition) is 0. The molecule has 0 saturated carbocycles. The largest absolute Gasteiger partial charge is 4.00 e. The number of amides is 2. The first-order chi connectivity index (χ1) is 11.7. The van der Waals surface area contributed by atoms with Crippen LogP contribution in [0.3, 0.4) is 0 Å². The summed E-state index contributed by atoms with van der Waals surface area (Å²) < 4.78 is 0. The molecule has 0 bridgehead atoms. The molecule has 2 aromatic carbocycles. The predicted octanol–water partition coefficient (Wildman–Crippen LogP) is 0.0425. The smallest absolute Gasteiger partial charge is 1.00 e. The molecule has 0 radical (unpaired) electrons. The number of hydrogen-bond acceptors (Lipinski definition) is 2. The van der Waals surface area contributed by atoms with Gasteiger partial charge in [-0.05, 0) is 12.8 Å². The Balaban J connectivity index is -0.000000384. The molecular weight excluding hydrogens is 429 g/mol. The molecule has 27 heavy (non-hydrogen) atoms. The number of halogens is 2. The Bertz CT molecular complexity index is 558. The van der Waals surface area contributed by atoms with E-state index in [0.29, 0.717) is 12.8 Å². The van der Waals surface area contributed by atoms with E-state index >= 15 is 0 Å². The Morgan fingerprint density at radius 1 is 0.667 bits per heavy atom. The maximum absolute atomic E-state index is 11.0. The van der Waals surface area contributed by atoms with Crippen LogP contribution in [-0.2, 0) is 35.8 Å². The predicted molar refractivity (Wildman–Crippen MR) is 98.8 cm³/mol. The van der Waals surface area contributed by atoms with E-state index in [1.165, 1.54) is 0 Å². The number of para-hydroxylation sites is 2. The molecule has 0 N–H and O–H groups in total. The molecule has 4 nitrogen and oxygen atoms in total. The van der Waals surface area contributed by atoms with Crippen LogP contribution in [0.2, 0.25) is 0 Å². The third-order valence-corrected chi connectivity index (χ3v) is 2.95. The number of nitrogens with zero attached hydrogens (tertiary/aromatic N) is 2. The number of carbonyl (C=O) groups excluding carboxylic acids is 2. The van der Waals surface area contributed by atoms with Gasteiger partial charge in [0.05, 0.1) is 11.8 Å². The third-order valence-electron chi connectivity index (χ3n) is 2.95. The minimum Gasteiger partial charge on any atom is -1.00 e. The Morgan fingerprint density at radius 3 is 1.22 bits per heavy atom. The number of rotatable bonds is 6. The van der Waals surface area contributed by atoms with Crippen LogP contribution in [-0.4, -0.2) is 11.8 Å². The van der Waals surface area contributed by atoms with Gasteiger partial charge in [0, 0.05) is 0 Å². The van der Waals surface area contributed by atoms with E-state index in [2.05, 4.69) is 10.6 Å². The van der Waals surface area contributed by atoms with Gasteiger partial charge in [-0.15, -0.1) is 11.4 Å². The fraction of sp³-hybridized carbons (Fsp3) is 0.300. The zero-order valence-electron chi connectivity index (χ0n) is 15.6. The molecule has 144 valence electrons. The van der Waals surface area contributed by atoms with Crippen molar-refractivity contribution in [1.29, 1.82) is 0 Å². The molecule has 0 heterocycles. The van der Waals surface area contributed by atoms with Crippen LogP contribution < -0.4 is 9.41 Å². The van der Waals surface area contributed by atoms with Crippen molar-refractivity contribution in [3.8, 4) is 0 Å². The van der Waals surface area contributed by atoms with Gasteiger partial charge in [-0.25, -0.2) is 0 Å². The summed E-state index contributed by atoms with van der Waals surface area (Å²) in [5.41, 5.74) is 1.49. The zero-order chi connectivity index (χ0) is 17.6. The minimum atomic E-state index is -0.0382. The molecule has 2 rings (SSSR count). The van der Waals surface area contributed by atoms with Gasteiger partial charge < -0.3 is 29.6 Å². The van der Waals surface area contributed by atoms with Crippen LogP contribution in [0.4, 0.5) is 11.4 Å². The monoisotopic (exact) mass is 452 g/mol. The van der Waals surface area contributed by atoms with Gasteiger partial charge >= 0.3 is 26.2 Å². The minimum absolute atomic E-state index is 0. The molecule has 0 spiro atoms. The number of benzene rings is 2. The normalized spacial score (nSPS) is 8.37. The summed E-state index contributed by atoms with van der Waals surface area (Å²) in [6, 6.07) is 18.6. The van der Waals surface area contributed by atoms with Crippen molar-refractivity contribution in [1.82, 2.24) is 0 Å². The van der Waals surface area contributed by atoms with Crippen LogP contribution in [0.5, 0.6) is 0 Å². The summed E-state index contributed by atoms with van der Waals surface area (Å²) in [6.45, 7) is 3.94. The summed E-state index contributed by atoms with van der Waals surface area (Å²) in [5, 5.41) is 7.82. The maximum atomic E-state index is 11.0. The van der Waals surface area contributed by atoms with Crippen LogP contribution in [0.15, 0.2) is 60.7 Å². The molecule has 0 aliphatic rings. The summed E-state index contributed by atoms with van der Waals surface area (Å²) in [4.78, 5) is 22.1. The van der Waals surface area contributed by atoms with Gasteiger partial charge in [-0.3, -0.25) is 0 Å². The molecule has 0 unspecified atom stereocenters. The first kappa shape index (κ1) is 29.9. The molecular formula is C20H24F2N2O2Zr. The van der Waals surface area contributed by atoms with Gasteiger partial charge in [-0.2, -0.15) is 0 Å². The summed E-state index contributed by atoms with van der Waals surface area (Å²) in [5.74, 6) is -0.0765. The average Bonchev–Trinajstić information content (AvgIpc) is 2.58. The molecule has 0 aromatic heterocycles. The van der Waals surface area contributed by atoms with Crippen molar-refractivity contribution in [2.24, 2.45) is 0 Å². The van der Waals surface area contributed by atoms with Crippen molar-refractivity contribution in [3.05, 3.63) is 71.3 Å². The number of carbonyl (C=O) groups is 2. The molecule has 0 atom stereocenters. The van der Waals surface area contributed by atoms with E-state index in [1.54, 1.807) is 0 Å². The molecule has 0 fully saturated rings. The van der Waals surface area contributed by atoms with E-state index in [9.17, 15) is 9.59 Å². The van der Waals surface area contributed by atoms with E-state index in [-0.39, 0.29) is 47.4 Å². The van der Waals surface area contributed by atoms with Gasteiger partial charge in [0.1, 0.15) is 0 Å². The zero-order valence-corrected chi connectivity index (χ0v) is 18.0. The third kappa shape index (κ3) is 14.9. The van der Waals surface area contributed by atoms with Crippen LogP contribution in [0.25, 0.3) is 10.6 Å². The first-order valence-corrected chi connectivity index (χ1v) is 8.25. The van der Waals surface area contributed by atoms with Gasteiger partial charge in [0.2, 0.25) is 0 Å². The second-order valence-electron chi connectivity index (χ2n) is 5.18. The van der Waals surface area contributed by atoms with Crippen molar-refractivity contribution >= 4 is 23.2 Å². The topological polar surface area (TPSA) is 62.3 Å². The van der Waals surface area contributed by atoms with Gasteiger partial charge in [0.15, 0.2) is 0 Å².